The Morgan fingerprint density at radius 1 is 0.944 bits per heavy atom. The topological polar surface area (TPSA) is 134 Å². The van der Waals surface area contributed by atoms with Crippen LogP contribution in [0, 0.1) is 0 Å². The minimum atomic E-state index is -2.05. The molecule has 0 radical (unpaired) electrons. The fourth-order valence-electron chi connectivity index (χ4n) is 4.60. The highest BCUT2D eigenvalue weighted by molar-refractivity contribution is 6.23. The molecule has 186 valence electrons. The Labute approximate surface area is 206 Å². The van der Waals surface area contributed by atoms with E-state index in [1.807, 2.05) is 18.2 Å². The van der Waals surface area contributed by atoms with Gasteiger partial charge < -0.3 is 24.7 Å². The van der Waals surface area contributed by atoms with Crippen molar-refractivity contribution in [2.24, 2.45) is 5.73 Å². The Bertz CT molecular complexity index is 1270. The van der Waals surface area contributed by atoms with Gasteiger partial charge in [-0.25, -0.2) is 9.59 Å². The summed E-state index contributed by atoms with van der Waals surface area (Å²) in [4.78, 5) is 54.2. The van der Waals surface area contributed by atoms with Crippen LogP contribution in [0.4, 0.5) is 5.69 Å². The van der Waals surface area contributed by atoms with E-state index in [2.05, 4.69) is 0 Å². The zero-order chi connectivity index (χ0) is 26.0. The summed E-state index contributed by atoms with van der Waals surface area (Å²) in [6.07, 6.45) is 0. The number of ether oxygens (including phenoxy) is 4. The van der Waals surface area contributed by atoms with Gasteiger partial charge in [-0.15, -0.1) is 0 Å². The van der Waals surface area contributed by atoms with Gasteiger partial charge in [0.15, 0.2) is 0 Å². The number of allylic oxidation sites excluding steroid dienone is 1. The number of fused-ring (bicyclic) bond motifs is 2. The fourth-order valence-corrected chi connectivity index (χ4v) is 4.60. The molecule has 10 nitrogen and oxygen atoms in total. The van der Waals surface area contributed by atoms with Crippen molar-refractivity contribution in [1.29, 1.82) is 0 Å². The van der Waals surface area contributed by atoms with E-state index in [0.29, 0.717) is 5.69 Å². The summed E-state index contributed by atoms with van der Waals surface area (Å²) < 4.78 is 20.7. The Balaban J connectivity index is 1.82. The molecule has 0 saturated carbocycles. The zero-order valence-corrected chi connectivity index (χ0v) is 19.9. The lowest BCUT2D eigenvalue weighted by molar-refractivity contribution is -0.144. The smallest absolute Gasteiger partial charge is 0.340 e. The highest BCUT2D eigenvalue weighted by Crippen LogP contribution is 2.54. The number of rotatable bonds is 6. The van der Waals surface area contributed by atoms with Crippen LogP contribution in [0.3, 0.4) is 0 Å². The third-order valence-corrected chi connectivity index (χ3v) is 6.09. The molecule has 36 heavy (non-hydrogen) atoms. The van der Waals surface area contributed by atoms with E-state index in [0.717, 1.165) is 24.7 Å². The third kappa shape index (κ3) is 3.76. The molecule has 2 aromatic rings. The van der Waals surface area contributed by atoms with Gasteiger partial charge in [0.25, 0.3) is 0 Å². The summed E-state index contributed by atoms with van der Waals surface area (Å²) in [5.74, 6) is -3.77. The number of hydrogen-bond acceptors (Lipinski definition) is 9. The van der Waals surface area contributed by atoms with Gasteiger partial charge in [0, 0.05) is 11.3 Å². The van der Waals surface area contributed by atoms with E-state index in [1.165, 1.54) is 6.92 Å². The van der Waals surface area contributed by atoms with Gasteiger partial charge in [0.1, 0.15) is 35.5 Å². The maximum atomic E-state index is 14.2. The van der Waals surface area contributed by atoms with Gasteiger partial charge in [-0.2, -0.15) is 0 Å². The number of nitrogens with zero attached hydrogens (tertiary/aromatic N) is 1. The van der Waals surface area contributed by atoms with Crippen LogP contribution >= 0.6 is 0 Å². The summed E-state index contributed by atoms with van der Waals surface area (Å²) in [6, 6.07) is 15.5. The second-order valence-electron chi connectivity index (χ2n) is 8.06. The number of carbonyl (C=O) groups is 4. The number of nitrogens with two attached hydrogens (primary N) is 1. The van der Waals surface area contributed by atoms with Crippen LogP contribution in [0.15, 0.2) is 77.4 Å². The molecule has 1 spiro atoms. The van der Waals surface area contributed by atoms with E-state index in [-0.39, 0.29) is 29.1 Å². The van der Waals surface area contributed by atoms with Crippen molar-refractivity contribution < 1.29 is 38.1 Å². The molecular formula is C26H24N2O8. The van der Waals surface area contributed by atoms with Crippen molar-refractivity contribution in [1.82, 2.24) is 0 Å². The first kappa shape index (κ1) is 24.5. The van der Waals surface area contributed by atoms with Crippen molar-refractivity contribution in [2.45, 2.75) is 18.9 Å². The summed E-state index contributed by atoms with van der Waals surface area (Å²) in [7, 11) is 2.25. The SMILES string of the molecule is COC(=O)C1=C(C)OC(N)=C(C(=O)OC)[C@]12C(=O)N(CC(=O)OCc1ccccc1)c1ccccc12. The van der Waals surface area contributed by atoms with Crippen molar-refractivity contribution in [3.63, 3.8) is 0 Å². The van der Waals surface area contributed by atoms with Gasteiger partial charge in [-0.3, -0.25) is 14.5 Å². The van der Waals surface area contributed by atoms with E-state index >= 15 is 0 Å². The number of benzene rings is 2. The van der Waals surface area contributed by atoms with Crippen LogP contribution in [0.2, 0.25) is 0 Å². The molecule has 2 aliphatic heterocycles. The van der Waals surface area contributed by atoms with Crippen LogP contribution in [-0.4, -0.2) is 44.6 Å². The highest BCUT2D eigenvalue weighted by Gasteiger charge is 2.64. The zero-order valence-electron chi connectivity index (χ0n) is 19.9. The van der Waals surface area contributed by atoms with Crippen molar-refractivity contribution in [2.75, 3.05) is 25.7 Å². The minimum absolute atomic E-state index is 0.00895. The number of methoxy groups -OCH3 is 2. The van der Waals surface area contributed by atoms with Crippen molar-refractivity contribution >= 4 is 29.5 Å². The van der Waals surface area contributed by atoms with Gasteiger partial charge in [-0.1, -0.05) is 48.5 Å². The molecular weight excluding hydrogens is 468 g/mol. The van der Waals surface area contributed by atoms with E-state index in [1.54, 1.807) is 36.4 Å². The van der Waals surface area contributed by atoms with Gasteiger partial charge in [0.05, 0.1) is 14.2 Å². The lowest BCUT2D eigenvalue weighted by atomic mass is 9.67. The summed E-state index contributed by atoms with van der Waals surface area (Å²) in [6.45, 7) is 0.962. The number of anilines is 1. The normalized spacial score (nSPS) is 18.6. The lowest BCUT2D eigenvalue weighted by Crippen LogP contribution is -2.51. The average Bonchev–Trinajstić information content (AvgIpc) is 3.11. The number of carbonyl (C=O) groups excluding carboxylic acids is 4. The van der Waals surface area contributed by atoms with Crippen LogP contribution in [-0.2, 0) is 50.1 Å². The first-order chi connectivity index (χ1) is 17.3. The molecule has 0 saturated heterocycles. The van der Waals surface area contributed by atoms with Crippen molar-refractivity contribution in [3.05, 3.63) is 88.5 Å². The van der Waals surface area contributed by atoms with Gasteiger partial charge in [0.2, 0.25) is 11.8 Å². The molecule has 4 rings (SSSR count). The first-order valence-corrected chi connectivity index (χ1v) is 10.9. The monoisotopic (exact) mass is 492 g/mol. The first-order valence-electron chi connectivity index (χ1n) is 10.9. The Kier molecular flexibility index (Phi) is 6.52. The number of esters is 3. The van der Waals surface area contributed by atoms with Gasteiger partial charge in [-0.05, 0) is 18.6 Å². The number of para-hydroxylation sites is 1. The summed E-state index contributed by atoms with van der Waals surface area (Å²) >= 11 is 0. The van der Waals surface area contributed by atoms with Crippen LogP contribution in [0.1, 0.15) is 18.1 Å². The number of hydrogen-bond donors (Lipinski definition) is 1. The molecule has 2 aromatic carbocycles. The fraction of sp³-hybridized carbons (Fsp3) is 0.231. The maximum absolute atomic E-state index is 14.2. The molecule has 0 unspecified atom stereocenters. The largest absolute Gasteiger partial charge is 0.466 e. The van der Waals surface area contributed by atoms with E-state index in [4.69, 9.17) is 24.7 Å². The molecule has 1 atom stereocenters. The Hall–Kier alpha value is -4.60. The average molecular weight is 492 g/mol. The van der Waals surface area contributed by atoms with E-state index in [9.17, 15) is 19.2 Å². The molecule has 2 heterocycles. The van der Waals surface area contributed by atoms with Crippen molar-refractivity contribution in [3.8, 4) is 0 Å². The summed E-state index contributed by atoms with van der Waals surface area (Å²) in [5.41, 5.74) is 4.73. The van der Waals surface area contributed by atoms with Gasteiger partial charge >= 0.3 is 17.9 Å². The molecule has 2 aliphatic rings. The Morgan fingerprint density at radius 3 is 2.22 bits per heavy atom. The molecule has 0 aromatic heterocycles. The number of amides is 1. The van der Waals surface area contributed by atoms with Crippen LogP contribution in [0.25, 0.3) is 0 Å². The standard InChI is InChI=1S/C26H24N2O8/c1-15-20(23(30)33-2)26(21(22(27)36-15)24(31)34-3)17-11-7-8-12-18(17)28(25(26)32)13-19(29)35-14-16-9-5-4-6-10-16/h4-12H,13-14,27H2,1-3H3/t26-/m1/s1. The van der Waals surface area contributed by atoms with Crippen LogP contribution in [0.5, 0.6) is 0 Å². The molecule has 0 fully saturated rings. The molecule has 1 amide bonds. The van der Waals surface area contributed by atoms with E-state index < -0.39 is 41.7 Å². The molecule has 0 aliphatic carbocycles. The molecule has 2 N–H and O–H groups in total. The lowest BCUT2D eigenvalue weighted by Gasteiger charge is -2.35. The second kappa shape index (κ2) is 9.57. The molecule has 0 bridgehead atoms. The quantitative estimate of drug-likeness (QED) is 0.473. The predicted octanol–water partition coefficient (Wildman–Crippen LogP) is 1.83. The molecule has 10 heteroatoms. The summed E-state index contributed by atoms with van der Waals surface area (Å²) in [5, 5.41) is 0. The second-order valence-corrected chi connectivity index (χ2v) is 8.06. The third-order valence-electron chi connectivity index (χ3n) is 6.09. The maximum Gasteiger partial charge on any atom is 0.340 e. The highest BCUT2D eigenvalue weighted by atomic mass is 16.5. The minimum Gasteiger partial charge on any atom is -0.466 e. The Morgan fingerprint density at radius 2 is 1.56 bits per heavy atom. The predicted molar refractivity (Wildman–Crippen MR) is 126 cm³/mol. The van der Waals surface area contributed by atoms with Crippen LogP contribution < -0.4 is 10.6 Å².